The van der Waals surface area contributed by atoms with E-state index < -0.39 is 5.97 Å². The Morgan fingerprint density at radius 3 is 2.56 bits per heavy atom. The Bertz CT molecular complexity index is 1150. The standard InChI is InChI=1S/C25H32N4O2S/c1-15(2)19-5-6-21(20(12-19)14-32)29-13-16(3)23-24(26-17(4)27-25(23)29)28-9-7-18(8-10-28)11-22(30)31/h5-6,12-13,15,18,32H,7-11,14H2,1-4H3,(H,30,31). The van der Waals surface area contributed by atoms with Gasteiger partial charge in [0.05, 0.1) is 11.1 Å². The Morgan fingerprint density at radius 2 is 1.94 bits per heavy atom. The van der Waals surface area contributed by atoms with Gasteiger partial charge in [0.25, 0.3) is 0 Å². The monoisotopic (exact) mass is 452 g/mol. The van der Waals surface area contributed by atoms with Crippen LogP contribution in [0.1, 0.15) is 61.5 Å². The van der Waals surface area contributed by atoms with Crippen LogP contribution in [0.15, 0.2) is 24.4 Å². The Morgan fingerprint density at radius 1 is 1.22 bits per heavy atom. The van der Waals surface area contributed by atoms with Crippen molar-refractivity contribution in [2.45, 2.75) is 58.6 Å². The molecular weight excluding hydrogens is 420 g/mol. The van der Waals surface area contributed by atoms with Crippen molar-refractivity contribution in [1.29, 1.82) is 0 Å². The molecule has 1 N–H and O–H groups in total. The van der Waals surface area contributed by atoms with Gasteiger partial charge in [-0.25, -0.2) is 9.97 Å². The summed E-state index contributed by atoms with van der Waals surface area (Å²) in [5, 5.41) is 10.2. The average molecular weight is 453 g/mol. The van der Waals surface area contributed by atoms with E-state index in [0.717, 1.165) is 59.9 Å². The zero-order chi connectivity index (χ0) is 23.0. The predicted octanol–water partition coefficient (Wildman–Crippen LogP) is 5.28. The Kier molecular flexibility index (Phi) is 6.47. The molecule has 1 aromatic carbocycles. The lowest BCUT2D eigenvalue weighted by molar-refractivity contribution is -0.138. The number of fused-ring (bicyclic) bond motifs is 1. The van der Waals surface area contributed by atoms with Gasteiger partial charge in [-0.1, -0.05) is 26.0 Å². The maximum atomic E-state index is 11.1. The molecule has 1 saturated heterocycles. The molecule has 4 rings (SSSR count). The molecule has 0 unspecified atom stereocenters. The lowest BCUT2D eigenvalue weighted by Gasteiger charge is -2.32. The number of thiol groups is 1. The summed E-state index contributed by atoms with van der Waals surface area (Å²) in [6, 6.07) is 6.61. The Labute approximate surface area is 195 Å². The minimum absolute atomic E-state index is 0.241. The third kappa shape index (κ3) is 4.35. The fraction of sp³-hybridized carbons (Fsp3) is 0.480. The number of aryl methyl sites for hydroxylation is 2. The van der Waals surface area contributed by atoms with E-state index in [4.69, 9.17) is 15.1 Å². The van der Waals surface area contributed by atoms with E-state index in [9.17, 15) is 4.79 Å². The molecule has 1 fully saturated rings. The molecule has 0 spiro atoms. The molecule has 6 nitrogen and oxygen atoms in total. The van der Waals surface area contributed by atoms with Gasteiger partial charge in [0.1, 0.15) is 11.6 Å². The van der Waals surface area contributed by atoms with E-state index in [1.807, 2.05) is 6.92 Å². The number of aliphatic carboxylic acids is 1. The second kappa shape index (κ2) is 9.14. The van der Waals surface area contributed by atoms with Crippen molar-refractivity contribution in [3.8, 4) is 5.69 Å². The summed E-state index contributed by atoms with van der Waals surface area (Å²) in [6.45, 7) is 10.1. The van der Waals surface area contributed by atoms with E-state index >= 15 is 0 Å². The van der Waals surface area contributed by atoms with Crippen LogP contribution in [-0.2, 0) is 10.5 Å². The fourth-order valence-electron chi connectivity index (χ4n) is 4.72. The number of nitrogens with zero attached hydrogens (tertiary/aromatic N) is 4. The number of piperidine rings is 1. The first-order valence-corrected chi connectivity index (χ1v) is 12.0. The molecule has 0 amide bonds. The molecule has 0 bridgehead atoms. The third-order valence-corrected chi connectivity index (χ3v) is 6.85. The van der Waals surface area contributed by atoms with E-state index in [2.05, 4.69) is 67.3 Å². The first kappa shape index (κ1) is 22.6. The normalized spacial score (nSPS) is 15.1. The van der Waals surface area contributed by atoms with Crippen molar-refractivity contribution in [2.24, 2.45) is 5.92 Å². The van der Waals surface area contributed by atoms with Crippen molar-refractivity contribution in [3.63, 3.8) is 0 Å². The highest BCUT2D eigenvalue weighted by Gasteiger charge is 2.25. The summed E-state index contributed by atoms with van der Waals surface area (Å²) in [7, 11) is 0. The lowest BCUT2D eigenvalue weighted by Crippen LogP contribution is -2.35. The van der Waals surface area contributed by atoms with Gasteiger partial charge in [-0.15, -0.1) is 0 Å². The molecule has 0 aliphatic carbocycles. The average Bonchev–Trinajstić information content (AvgIpc) is 3.08. The summed E-state index contributed by atoms with van der Waals surface area (Å²) in [6.07, 6.45) is 4.14. The quantitative estimate of drug-likeness (QED) is 0.498. The lowest BCUT2D eigenvalue weighted by atomic mass is 9.93. The van der Waals surface area contributed by atoms with Gasteiger partial charge in [0.2, 0.25) is 0 Å². The van der Waals surface area contributed by atoms with Crippen molar-refractivity contribution in [2.75, 3.05) is 18.0 Å². The second-order valence-electron chi connectivity index (χ2n) is 9.20. The van der Waals surface area contributed by atoms with E-state index in [-0.39, 0.29) is 12.3 Å². The predicted molar refractivity (Wildman–Crippen MR) is 132 cm³/mol. The van der Waals surface area contributed by atoms with Gasteiger partial charge < -0.3 is 14.6 Å². The van der Waals surface area contributed by atoms with Crippen molar-refractivity contribution >= 4 is 35.4 Å². The number of hydrogen-bond donors (Lipinski definition) is 2. The summed E-state index contributed by atoms with van der Waals surface area (Å²) >= 11 is 4.61. The molecule has 7 heteroatoms. The maximum Gasteiger partial charge on any atom is 0.303 e. The highest BCUT2D eigenvalue weighted by atomic mass is 32.1. The number of carboxylic acids is 1. The largest absolute Gasteiger partial charge is 0.481 e. The summed E-state index contributed by atoms with van der Waals surface area (Å²) in [5.74, 6) is 2.36. The Balaban J connectivity index is 1.76. The molecule has 170 valence electrons. The molecule has 1 aliphatic rings. The molecule has 0 radical (unpaired) electrons. The van der Waals surface area contributed by atoms with Crippen LogP contribution < -0.4 is 4.90 Å². The van der Waals surface area contributed by atoms with Crippen LogP contribution in [0, 0.1) is 19.8 Å². The third-order valence-electron chi connectivity index (χ3n) is 6.51. The highest BCUT2D eigenvalue weighted by molar-refractivity contribution is 7.79. The van der Waals surface area contributed by atoms with Gasteiger partial charge in [-0.3, -0.25) is 4.79 Å². The molecular formula is C25H32N4O2S. The van der Waals surface area contributed by atoms with Gasteiger partial charge in [-0.05, 0) is 61.3 Å². The van der Waals surface area contributed by atoms with Gasteiger partial charge in [-0.2, -0.15) is 12.6 Å². The van der Waals surface area contributed by atoms with Gasteiger partial charge in [0, 0.05) is 31.5 Å². The van der Waals surface area contributed by atoms with Crippen molar-refractivity contribution in [3.05, 3.63) is 46.9 Å². The van der Waals surface area contributed by atoms with E-state index in [1.165, 1.54) is 11.1 Å². The fourth-order valence-corrected chi connectivity index (χ4v) is 4.98. The van der Waals surface area contributed by atoms with Gasteiger partial charge in [0.15, 0.2) is 5.65 Å². The van der Waals surface area contributed by atoms with Crippen LogP contribution in [0.2, 0.25) is 0 Å². The highest BCUT2D eigenvalue weighted by Crippen LogP contribution is 2.34. The summed E-state index contributed by atoms with van der Waals surface area (Å²) < 4.78 is 2.18. The smallest absolute Gasteiger partial charge is 0.303 e. The number of hydrogen-bond acceptors (Lipinski definition) is 5. The molecule has 32 heavy (non-hydrogen) atoms. The zero-order valence-electron chi connectivity index (χ0n) is 19.3. The number of carbonyl (C=O) groups is 1. The summed E-state index contributed by atoms with van der Waals surface area (Å²) in [4.78, 5) is 23.1. The van der Waals surface area contributed by atoms with Crippen LogP contribution in [0.5, 0.6) is 0 Å². The van der Waals surface area contributed by atoms with Crippen LogP contribution in [0.4, 0.5) is 5.82 Å². The van der Waals surface area contributed by atoms with Crippen LogP contribution >= 0.6 is 12.6 Å². The Hall–Kier alpha value is -2.54. The van der Waals surface area contributed by atoms with Crippen LogP contribution in [0.3, 0.4) is 0 Å². The molecule has 3 heterocycles. The second-order valence-corrected chi connectivity index (χ2v) is 9.52. The van der Waals surface area contributed by atoms with E-state index in [0.29, 0.717) is 11.7 Å². The number of carboxylic acid groups (broad SMARTS) is 1. The first-order chi connectivity index (χ1) is 15.3. The number of anilines is 1. The molecule has 0 saturated carbocycles. The molecule has 1 aliphatic heterocycles. The van der Waals surface area contributed by atoms with Crippen molar-refractivity contribution in [1.82, 2.24) is 14.5 Å². The molecule has 2 aromatic heterocycles. The first-order valence-electron chi connectivity index (χ1n) is 11.4. The number of rotatable bonds is 6. The maximum absolute atomic E-state index is 11.1. The minimum atomic E-state index is -0.708. The van der Waals surface area contributed by atoms with E-state index in [1.54, 1.807) is 0 Å². The summed E-state index contributed by atoms with van der Waals surface area (Å²) in [5.41, 5.74) is 5.65. The topological polar surface area (TPSA) is 71.2 Å². The van der Waals surface area contributed by atoms with Crippen molar-refractivity contribution < 1.29 is 9.90 Å². The minimum Gasteiger partial charge on any atom is -0.481 e. The van der Waals surface area contributed by atoms with Crippen LogP contribution in [0.25, 0.3) is 16.7 Å². The zero-order valence-corrected chi connectivity index (χ0v) is 20.2. The molecule has 3 aromatic rings. The number of aromatic nitrogens is 3. The SMILES string of the molecule is Cc1nc(N2CCC(CC(=O)O)CC2)c2c(C)cn(-c3ccc(C(C)C)cc3CS)c2n1. The number of benzene rings is 1. The van der Waals surface area contributed by atoms with Gasteiger partial charge >= 0.3 is 5.97 Å². The molecule has 0 atom stereocenters. The van der Waals surface area contributed by atoms with Crippen LogP contribution in [-0.4, -0.2) is 38.7 Å².